The lowest BCUT2D eigenvalue weighted by Gasteiger charge is -2.14. The summed E-state index contributed by atoms with van der Waals surface area (Å²) < 4.78 is 11.6. The molecule has 0 fully saturated rings. The average Bonchev–Trinajstić information content (AvgIpc) is 3.62. The van der Waals surface area contributed by atoms with E-state index in [9.17, 15) is 9.59 Å². The summed E-state index contributed by atoms with van der Waals surface area (Å²) in [6, 6.07) is 9.65. The Labute approximate surface area is 213 Å². The second-order valence-electron chi connectivity index (χ2n) is 8.45. The van der Waals surface area contributed by atoms with Gasteiger partial charge >= 0.3 is 0 Å². The number of aromatic nitrogens is 4. The number of hydrogen-bond acceptors (Lipinski definition) is 9. The summed E-state index contributed by atoms with van der Waals surface area (Å²) >= 11 is 1.29. The zero-order valence-corrected chi connectivity index (χ0v) is 21.2. The van der Waals surface area contributed by atoms with Crippen molar-refractivity contribution in [2.24, 2.45) is 0 Å². The van der Waals surface area contributed by atoms with Crippen molar-refractivity contribution in [2.45, 2.75) is 51.4 Å². The van der Waals surface area contributed by atoms with Crippen molar-refractivity contribution in [1.29, 1.82) is 0 Å². The van der Waals surface area contributed by atoms with Crippen LogP contribution >= 0.6 is 11.3 Å². The van der Waals surface area contributed by atoms with Gasteiger partial charge in [0.15, 0.2) is 0 Å². The van der Waals surface area contributed by atoms with E-state index in [-0.39, 0.29) is 17.6 Å². The number of carbonyl (C=O) groups is 2. The minimum absolute atomic E-state index is 0.176. The molecule has 0 bridgehead atoms. The fourth-order valence-corrected chi connectivity index (χ4v) is 4.46. The van der Waals surface area contributed by atoms with Crippen LogP contribution in [0.5, 0.6) is 5.88 Å². The smallest absolute Gasteiger partial charge is 0.263 e. The van der Waals surface area contributed by atoms with Crippen molar-refractivity contribution in [3.63, 3.8) is 0 Å². The number of Topliss-reactive ketones (excluding diaryl/α,β-unsaturated/α-hetero) is 1. The van der Waals surface area contributed by atoms with Gasteiger partial charge in [0, 0.05) is 24.8 Å². The molecular weight excluding hydrogens is 478 g/mol. The van der Waals surface area contributed by atoms with E-state index in [1.54, 1.807) is 18.8 Å². The third kappa shape index (κ3) is 6.31. The topological polar surface area (TPSA) is 120 Å². The zero-order valence-electron chi connectivity index (χ0n) is 20.4. The van der Waals surface area contributed by atoms with E-state index in [1.807, 2.05) is 37.3 Å². The molecule has 0 aliphatic heterocycles. The van der Waals surface area contributed by atoms with E-state index in [0.717, 1.165) is 36.6 Å². The molecule has 1 aromatic carbocycles. The highest BCUT2D eigenvalue weighted by Crippen LogP contribution is 2.32. The Bertz CT molecular complexity index is 1300. The summed E-state index contributed by atoms with van der Waals surface area (Å²) in [7, 11) is 1.55. The largest absolute Gasteiger partial charge is 0.480 e. The molecular formula is C26H29N5O4S. The second-order valence-corrected chi connectivity index (χ2v) is 9.33. The maximum atomic E-state index is 12.5. The van der Waals surface area contributed by atoms with Crippen LogP contribution in [0.25, 0.3) is 22.4 Å². The van der Waals surface area contributed by atoms with Crippen molar-refractivity contribution in [1.82, 2.24) is 25.5 Å². The van der Waals surface area contributed by atoms with Crippen LogP contribution < -0.4 is 10.1 Å². The SMILES string of the molecule is CCC(=O)CCCCCC(CNC(=O)c1cncs1)c1nnc(-c2cc3ccccc3nc2OC)o1. The van der Waals surface area contributed by atoms with Gasteiger partial charge in [-0.25, -0.2) is 4.98 Å². The first kappa shape index (κ1) is 25.4. The van der Waals surface area contributed by atoms with Crippen LogP contribution in [0.3, 0.4) is 0 Å². The predicted molar refractivity (Wildman–Crippen MR) is 137 cm³/mol. The fourth-order valence-electron chi connectivity index (χ4n) is 3.93. The van der Waals surface area contributed by atoms with Gasteiger partial charge in [0.1, 0.15) is 16.2 Å². The van der Waals surface area contributed by atoms with Crippen LogP contribution in [0.2, 0.25) is 0 Å². The molecule has 0 saturated carbocycles. The van der Waals surface area contributed by atoms with Crippen molar-refractivity contribution < 1.29 is 18.7 Å². The first-order valence-corrected chi connectivity index (χ1v) is 12.9. The van der Waals surface area contributed by atoms with Gasteiger partial charge in [-0.15, -0.1) is 21.5 Å². The molecule has 0 aliphatic carbocycles. The molecule has 9 nitrogen and oxygen atoms in total. The molecule has 10 heteroatoms. The number of ether oxygens (including phenoxy) is 1. The first-order valence-electron chi connectivity index (χ1n) is 12.0. The van der Waals surface area contributed by atoms with Crippen molar-refractivity contribution in [3.8, 4) is 17.3 Å². The van der Waals surface area contributed by atoms with Crippen molar-refractivity contribution >= 4 is 33.9 Å². The average molecular weight is 508 g/mol. The normalized spacial score (nSPS) is 11.9. The van der Waals surface area contributed by atoms with Crippen LogP contribution in [-0.2, 0) is 4.79 Å². The molecule has 4 aromatic rings. The van der Waals surface area contributed by atoms with Gasteiger partial charge < -0.3 is 14.5 Å². The molecule has 1 atom stereocenters. The molecule has 36 heavy (non-hydrogen) atoms. The molecule has 4 rings (SSSR count). The maximum Gasteiger partial charge on any atom is 0.263 e. The van der Waals surface area contributed by atoms with E-state index < -0.39 is 0 Å². The Kier molecular flexibility index (Phi) is 8.72. The summed E-state index contributed by atoms with van der Waals surface area (Å²) in [5, 5.41) is 12.5. The number of hydrogen-bond donors (Lipinski definition) is 1. The number of nitrogens with one attached hydrogen (secondary N) is 1. The minimum atomic E-state index is -0.184. The van der Waals surface area contributed by atoms with Crippen molar-refractivity contribution in [3.05, 3.63) is 52.8 Å². The first-order chi connectivity index (χ1) is 17.6. The molecule has 3 heterocycles. The molecule has 1 unspecified atom stereocenters. The number of thiazole rings is 1. The standard InChI is InChI=1S/C26H29N5O4S/c1-3-19(32)11-6-4-5-10-18(14-28-23(33)22-15-27-16-36-22)24-30-31-26(35-24)20-13-17-9-7-8-12-21(17)29-25(20)34-2/h7-9,12-13,15-16,18H,3-6,10-11,14H2,1-2H3,(H,28,33). The molecule has 1 amide bonds. The van der Waals surface area contributed by atoms with E-state index in [1.165, 1.54) is 11.3 Å². The molecule has 1 N–H and O–H groups in total. The van der Waals surface area contributed by atoms with Crippen LogP contribution in [0.15, 0.2) is 46.5 Å². The number of nitrogens with zero attached hydrogens (tertiary/aromatic N) is 4. The highest BCUT2D eigenvalue weighted by Gasteiger charge is 2.23. The van der Waals surface area contributed by atoms with E-state index in [2.05, 4.69) is 25.5 Å². The summed E-state index contributed by atoms with van der Waals surface area (Å²) in [4.78, 5) is 33.2. The predicted octanol–water partition coefficient (Wildman–Crippen LogP) is 5.19. The van der Waals surface area contributed by atoms with Gasteiger partial charge in [-0.05, 0) is 25.0 Å². The number of benzene rings is 1. The van der Waals surface area contributed by atoms with Crippen LogP contribution in [0, 0.1) is 0 Å². The molecule has 0 spiro atoms. The third-order valence-corrected chi connectivity index (χ3v) is 6.74. The lowest BCUT2D eigenvalue weighted by molar-refractivity contribution is -0.118. The Morgan fingerprint density at radius 2 is 2.03 bits per heavy atom. The number of methoxy groups -OCH3 is 1. The number of unbranched alkanes of at least 4 members (excludes halogenated alkanes) is 2. The van der Waals surface area contributed by atoms with Gasteiger partial charge in [-0.3, -0.25) is 14.6 Å². The number of rotatable bonds is 13. The number of carbonyl (C=O) groups excluding carboxylic acids is 2. The van der Waals surface area contributed by atoms with Gasteiger partial charge in [0.05, 0.1) is 30.3 Å². The number of pyridine rings is 1. The van der Waals surface area contributed by atoms with Gasteiger partial charge in [0.2, 0.25) is 11.8 Å². The van der Waals surface area contributed by atoms with Gasteiger partial charge in [-0.2, -0.15) is 0 Å². The number of ketones is 1. The highest BCUT2D eigenvalue weighted by molar-refractivity contribution is 7.11. The maximum absolute atomic E-state index is 12.5. The molecule has 3 aromatic heterocycles. The van der Waals surface area contributed by atoms with Crippen molar-refractivity contribution in [2.75, 3.05) is 13.7 Å². The summed E-state index contributed by atoms with van der Waals surface area (Å²) in [5.74, 6) is 1.07. The second kappa shape index (κ2) is 12.3. The van der Waals surface area contributed by atoms with E-state index in [4.69, 9.17) is 9.15 Å². The molecule has 0 aliphatic rings. The Hall–Kier alpha value is -3.66. The molecule has 0 saturated heterocycles. The quantitative estimate of drug-likeness (QED) is 0.245. The fraction of sp³-hybridized carbons (Fsp3) is 0.385. The van der Waals surface area contributed by atoms with Crippen LogP contribution in [0.1, 0.15) is 66.9 Å². The van der Waals surface area contributed by atoms with E-state index >= 15 is 0 Å². The Morgan fingerprint density at radius 1 is 1.17 bits per heavy atom. The summed E-state index contributed by atoms with van der Waals surface area (Å²) in [5.41, 5.74) is 3.04. The summed E-state index contributed by atoms with van der Waals surface area (Å²) in [6.07, 6.45) is 6.08. The number of para-hydroxylation sites is 1. The van der Waals surface area contributed by atoms with E-state index in [0.29, 0.717) is 47.5 Å². The Morgan fingerprint density at radius 3 is 2.81 bits per heavy atom. The van der Waals surface area contributed by atoms with Crippen LogP contribution in [0.4, 0.5) is 0 Å². The lowest BCUT2D eigenvalue weighted by Crippen LogP contribution is -2.28. The van der Waals surface area contributed by atoms with Gasteiger partial charge in [-0.1, -0.05) is 38.0 Å². The lowest BCUT2D eigenvalue weighted by atomic mass is 9.99. The van der Waals surface area contributed by atoms with Crippen LogP contribution in [-0.4, -0.2) is 45.5 Å². The number of fused-ring (bicyclic) bond motifs is 1. The van der Waals surface area contributed by atoms with Gasteiger partial charge in [0.25, 0.3) is 11.8 Å². The number of amides is 1. The third-order valence-electron chi connectivity index (χ3n) is 5.97. The minimum Gasteiger partial charge on any atom is -0.480 e. The summed E-state index contributed by atoms with van der Waals surface area (Å²) in [6.45, 7) is 2.23. The monoisotopic (exact) mass is 507 g/mol. The highest BCUT2D eigenvalue weighted by atomic mass is 32.1. The molecule has 188 valence electrons. The zero-order chi connectivity index (χ0) is 25.3. The Balaban J connectivity index is 1.51. The molecule has 0 radical (unpaired) electrons.